The zero-order valence-corrected chi connectivity index (χ0v) is 16.2. The van der Waals surface area contributed by atoms with Gasteiger partial charge in [0.2, 0.25) is 0 Å². The van der Waals surface area contributed by atoms with Crippen LogP contribution in [-0.2, 0) is 11.2 Å². The van der Waals surface area contributed by atoms with E-state index in [1.807, 2.05) is 30.3 Å². The van der Waals surface area contributed by atoms with Crippen LogP contribution in [0, 0.1) is 0 Å². The first-order valence-corrected chi connectivity index (χ1v) is 9.47. The zero-order chi connectivity index (χ0) is 21.8. The number of carbonyl (C=O) groups is 2. The molecule has 0 aromatic heterocycles. The Kier molecular flexibility index (Phi) is 5.79. The summed E-state index contributed by atoms with van der Waals surface area (Å²) in [7, 11) is 0. The fraction of sp³-hybridized carbons (Fsp3) is 0.130. The van der Waals surface area contributed by atoms with E-state index in [0.29, 0.717) is 34.7 Å². The maximum absolute atomic E-state index is 12.8. The van der Waals surface area contributed by atoms with Crippen molar-refractivity contribution in [2.45, 2.75) is 13.0 Å². The normalized spacial score (nSPS) is 12.5. The smallest absolute Gasteiger partial charge is 0.387 e. The third-order valence-corrected chi connectivity index (χ3v) is 4.65. The van der Waals surface area contributed by atoms with Crippen molar-refractivity contribution in [2.24, 2.45) is 0 Å². The third-order valence-electron chi connectivity index (χ3n) is 4.65. The maximum Gasteiger partial charge on any atom is 0.387 e. The number of fused-ring (bicyclic) bond motifs is 1. The topological polar surface area (TPSA) is 76.7 Å². The van der Waals surface area contributed by atoms with Gasteiger partial charge in [0.15, 0.2) is 6.61 Å². The quantitative estimate of drug-likeness (QED) is 0.613. The molecule has 0 radical (unpaired) electrons. The van der Waals surface area contributed by atoms with Crippen LogP contribution in [0.1, 0.15) is 21.5 Å². The van der Waals surface area contributed by atoms with E-state index in [0.717, 1.165) is 5.56 Å². The van der Waals surface area contributed by atoms with Gasteiger partial charge in [-0.15, -0.1) is 0 Å². The highest BCUT2D eigenvalue weighted by Gasteiger charge is 2.18. The van der Waals surface area contributed by atoms with E-state index < -0.39 is 12.5 Å². The highest BCUT2D eigenvalue weighted by molar-refractivity contribution is 6.05. The molecule has 0 bridgehead atoms. The number of hydrogen-bond donors (Lipinski definition) is 2. The number of nitrogens with one attached hydrogen (secondary N) is 2. The van der Waals surface area contributed by atoms with Gasteiger partial charge in [0.25, 0.3) is 11.8 Å². The van der Waals surface area contributed by atoms with Gasteiger partial charge < -0.3 is 20.1 Å². The van der Waals surface area contributed by atoms with Gasteiger partial charge >= 0.3 is 6.61 Å². The lowest BCUT2D eigenvalue weighted by atomic mass is 10.0. The summed E-state index contributed by atoms with van der Waals surface area (Å²) in [5.74, 6) is -0.217. The number of rotatable bonds is 6. The van der Waals surface area contributed by atoms with Crippen molar-refractivity contribution in [3.05, 3.63) is 83.4 Å². The van der Waals surface area contributed by atoms with Gasteiger partial charge in [0, 0.05) is 23.2 Å². The molecule has 2 amide bonds. The highest BCUT2D eigenvalue weighted by atomic mass is 19.3. The summed E-state index contributed by atoms with van der Waals surface area (Å²) in [5.41, 5.74) is 2.68. The summed E-state index contributed by atoms with van der Waals surface area (Å²) < 4.78 is 35.6. The monoisotopic (exact) mass is 424 g/mol. The van der Waals surface area contributed by atoms with Crippen molar-refractivity contribution in [3.63, 3.8) is 0 Å². The van der Waals surface area contributed by atoms with E-state index in [4.69, 9.17) is 4.74 Å². The second-order valence-electron chi connectivity index (χ2n) is 6.87. The molecular weight excluding hydrogens is 406 g/mol. The molecule has 0 saturated carbocycles. The van der Waals surface area contributed by atoms with Gasteiger partial charge in [0.05, 0.1) is 5.69 Å². The fourth-order valence-electron chi connectivity index (χ4n) is 3.24. The van der Waals surface area contributed by atoms with Gasteiger partial charge in [-0.2, -0.15) is 8.78 Å². The van der Waals surface area contributed by atoms with Gasteiger partial charge in [-0.1, -0.05) is 30.3 Å². The van der Waals surface area contributed by atoms with Crippen molar-refractivity contribution in [1.82, 2.24) is 0 Å². The third kappa shape index (κ3) is 4.98. The predicted molar refractivity (Wildman–Crippen MR) is 111 cm³/mol. The van der Waals surface area contributed by atoms with E-state index >= 15 is 0 Å². The molecule has 0 fully saturated rings. The van der Waals surface area contributed by atoms with Crippen LogP contribution >= 0.6 is 0 Å². The molecule has 0 saturated heterocycles. The Hall–Kier alpha value is -3.94. The summed E-state index contributed by atoms with van der Waals surface area (Å²) in [5, 5.41) is 5.41. The second-order valence-corrected chi connectivity index (χ2v) is 6.87. The minimum absolute atomic E-state index is 0.0507. The molecule has 0 atom stereocenters. The number of carbonyl (C=O) groups excluding carboxylic acids is 2. The molecule has 3 aromatic rings. The molecule has 0 aliphatic carbocycles. The number of benzene rings is 3. The molecule has 1 aliphatic rings. The number of amides is 2. The van der Waals surface area contributed by atoms with Crippen LogP contribution in [0.3, 0.4) is 0 Å². The molecule has 3 aromatic carbocycles. The van der Waals surface area contributed by atoms with E-state index in [1.165, 1.54) is 18.2 Å². The summed E-state index contributed by atoms with van der Waals surface area (Å²) in [6.45, 7) is -3.07. The van der Waals surface area contributed by atoms with Crippen LogP contribution in [-0.4, -0.2) is 25.0 Å². The molecule has 2 N–H and O–H groups in total. The first kappa shape index (κ1) is 20.3. The number of halogens is 2. The molecule has 1 aliphatic heterocycles. The van der Waals surface area contributed by atoms with Crippen molar-refractivity contribution >= 4 is 23.2 Å². The Balaban J connectivity index is 1.55. The largest absolute Gasteiger partial charge is 0.482 e. The predicted octanol–water partition coefficient (Wildman–Crippen LogP) is 4.46. The summed E-state index contributed by atoms with van der Waals surface area (Å²) in [4.78, 5) is 24.1. The number of alkyl halides is 2. The number of anilines is 2. The van der Waals surface area contributed by atoms with Crippen molar-refractivity contribution in [3.8, 4) is 11.5 Å². The van der Waals surface area contributed by atoms with Crippen molar-refractivity contribution < 1.29 is 27.8 Å². The van der Waals surface area contributed by atoms with Crippen LogP contribution in [0.2, 0.25) is 0 Å². The van der Waals surface area contributed by atoms with E-state index in [2.05, 4.69) is 15.4 Å². The molecule has 0 spiro atoms. The van der Waals surface area contributed by atoms with Crippen LogP contribution in [0.5, 0.6) is 11.5 Å². The van der Waals surface area contributed by atoms with Crippen LogP contribution in [0.25, 0.3) is 0 Å². The first-order chi connectivity index (χ1) is 15.0. The Labute approximate surface area is 176 Å². The van der Waals surface area contributed by atoms with E-state index in [9.17, 15) is 18.4 Å². The van der Waals surface area contributed by atoms with Crippen LogP contribution in [0.4, 0.5) is 20.2 Å². The molecule has 4 rings (SSSR count). The zero-order valence-electron chi connectivity index (χ0n) is 16.2. The lowest BCUT2D eigenvalue weighted by Gasteiger charge is -2.18. The number of ether oxygens (including phenoxy) is 2. The number of hydrogen-bond acceptors (Lipinski definition) is 4. The first-order valence-electron chi connectivity index (χ1n) is 9.47. The SMILES string of the molecule is O=C1COc2cc(C(=O)Nc3ccc(OC(F)F)c(Cc4ccccc4)c3)ccc2N1. The van der Waals surface area contributed by atoms with Crippen LogP contribution < -0.4 is 20.1 Å². The minimum Gasteiger partial charge on any atom is -0.482 e. The highest BCUT2D eigenvalue weighted by Crippen LogP contribution is 2.30. The lowest BCUT2D eigenvalue weighted by Crippen LogP contribution is -2.25. The standard InChI is InChI=1S/C23H18F2N2O4/c24-23(25)31-19-9-7-17(11-16(19)10-14-4-2-1-3-5-14)26-22(29)15-6-8-18-20(12-15)30-13-21(28)27-18/h1-9,11-12,23H,10,13H2,(H,26,29)(H,27,28). The van der Waals surface area contributed by atoms with Gasteiger partial charge in [-0.25, -0.2) is 0 Å². The molecule has 31 heavy (non-hydrogen) atoms. The maximum atomic E-state index is 12.8. The summed E-state index contributed by atoms with van der Waals surface area (Å²) in [6.07, 6.45) is 0.360. The van der Waals surface area contributed by atoms with Gasteiger partial charge in [0.1, 0.15) is 11.5 Å². The van der Waals surface area contributed by atoms with Gasteiger partial charge in [-0.3, -0.25) is 9.59 Å². The second kappa shape index (κ2) is 8.83. The summed E-state index contributed by atoms with van der Waals surface area (Å²) >= 11 is 0. The molecule has 6 nitrogen and oxygen atoms in total. The van der Waals surface area contributed by atoms with E-state index in [-0.39, 0.29) is 18.3 Å². The van der Waals surface area contributed by atoms with E-state index in [1.54, 1.807) is 18.2 Å². The lowest BCUT2D eigenvalue weighted by molar-refractivity contribution is -0.118. The molecule has 0 unspecified atom stereocenters. The average molecular weight is 424 g/mol. The Morgan fingerprint density at radius 3 is 2.68 bits per heavy atom. The molecule has 8 heteroatoms. The molecule has 1 heterocycles. The summed E-state index contributed by atoms with van der Waals surface area (Å²) in [6, 6.07) is 18.5. The average Bonchev–Trinajstić information content (AvgIpc) is 2.75. The Morgan fingerprint density at radius 1 is 1.10 bits per heavy atom. The fourth-order valence-corrected chi connectivity index (χ4v) is 3.24. The van der Waals surface area contributed by atoms with Gasteiger partial charge in [-0.05, 0) is 42.0 Å². The molecular formula is C23H18F2N2O4. The Morgan fingerprint density at radius 2 is 1.90 bits per heavy atom. The van der Waals surface area contributed by atoms with Crippen molar-refractivity contribution in [2.75, 3.05) is 17.2 Å². The molecule has 158 valence electrons. The van der Waals surface area contributed by atoms with Crippen molar-refractivity contribution in [1.29, 1.82) is 0 Å². The Bertz CT molecular complexity index is 1120. The van der Waals surface area contributed by atoms with Crippen LogP contribution in [0.15, 0.2) is 66.7 Å². The minimum atomic E-state index is -2.95.